The van der Waals surface area contributed by atoms with Crippen LogP contribution in [0.15, 0.2) is 18.2 Å². The molecule has 0 aliphatic carbocycles. The summed E-state index contributed by atoms with van der Waals surface area (Å²) in [6, 6.07) is 4.32. The van der Waals surface area contributed by atoms with Crippen LogP contribution < -0.4 is 5.32 Å². The predicted octanol–water partition coefficient (Wildman–Crippen LogP) is 2.04. The number of nitro groups is 1. The summed E-state index contributed by atoms with van der Waals surface area (Å²) in [5, 5.41) is 22.8. The van der Waals surface area contributed by atoms with Crippen molar-refractivity contribution in [1.82, 2.24) is 5.32 Å². The Labute approximate surface area is 118 Å². The number of nitrogens with zero attached hydrogens (tertiary/aromatic N) is 1. The highest BCUT2D eigenvalue weighted by Gasteiger charge is 2.24. The molecule has 1 unspecified atom stereocenters. The Morgan fingerprint density at radius 2 is 2.10 bits per heavy atom. The molecule has 0 aromatic heterocycles. The first-order valence-corrected chi connectivity index (χ1v) is 6.54. The molecular formula is C14H20N2O4. The first-order chi connectivity index (χ1) is 9.38. The Bertz CT molecular complexity index is 500. The molecule has 1 rings (SSSR count). The predicted molar refractivity (Wildman–Crippen MR) is 75.6 cm³/mol. The number of rotatable bonds is 6. The number of benzene rings is 1. The van der Waals surface area contributed by atoms with Gasteiger partial charge in [0, 0.05) is 18.7 Å². The lowest BCUT2D eigenvalue weighted by Crippen LogP contribution is -2.39. The van der Waals surface area contributed by atoms with Crippen LogP contribution in [0.2, 0.25) is 0 Å². The van der Waals surface area contributed by atoms with Crippen LogP contribution in [0.4, 0.5) is 5.69 Å². The fraction of sp³-hybridized carbons (Fsp3) is 0.500. The van der Waals surface area contributed by atoms with Crippen LogP contribution in [0.1, 0.15) is 36.2 Å². The average Bonchev–Trinajstić information content (AvgIpc) is 2.37. The molecule has 0 saturated carbocycles. The molecule has 1 amide bonds. The van der Waals surface area contributed by atoms with Crippen molar-refractivity contribution in [3.8, 4) is 0 Å². The van der Waals surface area contributed by atoms with Crippen molar-refractivity contribution in [2.45, 2.75) is 33.2 Å². The third kappa shape index (κ3) is 3.77. The maximum absolute atomic E-state index is 12.3. The molecule has 0 bridgehead atoms. The summed E-state index contributed by atoms with van der Waals surface area (Å²) in [5.41, 5.74) is 0.443. The largest absolute Gasteiger partial charge is 0.396 e. The van der Waals surface area contributed by atoms with Gasteiger partial charge in [-0.1, -0.05) is 26.0 Å². The minimum Gasteiger partial charge on any atom is -0.396 e. The molecule has 0 heterocycles. The lowest BCUT2D eigenvalue weighted by Gasteiger charge is -2.21. The summed E-state index contributed by atoms with van der Waals surface area (Å²) in [6.07, 6.45) is 0.420. The molecule has 0 aliphatic rings. The van der Waals surface area contributed by atoms with E-state index in [-0.39, 0.29) is 29.8 Å². The zero-order chi connectivity index (χ0) is 15.3. The SMILES string of the molecule is Cc1cccc([N+](=O)[O-])c1C(=O)NC(CCO)C(C)C. The van der Waals surface area contributed by atoms with Crippen LogP contribution in [0, 0.1) is 23.0 Å². The molecule has 6 heteroatoms. The minimum atomic E-state index is -0.557. The third-order valence-corrected chi connectivity index (χ3v) is 3.24. The average molecular weight is 280 g/mol. The highest BCUT2D eigenvalue weighted by Crippen LogP contribution is 2.22. The Hall–Kier alpha value is -1.95. The molecule has 0 saturated heterocycles. The number of aryl methyl sites for hydroxylation is 1. The van der Waals surface area contributed by atoms with E-state index >= 15 is 0 Å². The van der Waals surface area contributed by atoms with Gasteiger partial charge in [0.1, 0.15) is 5.56 Å². The fourth-order valence-electron chi connectivity index (χ4n) is 2.05. The minimum absolute atomic E-state index is 0.0427. The number of nitrogens with one attached hydrogen (secondary N) is 1. The van der Waals surface area contributed by atoms with Crippen molar-refractivity contribution in [3.63, 3.8) is 0 Å². The molecule has 0 radical (unpaired) electrons. The van der Waals surface area contributed by atoms with Gasteiger partial charge in [0.15, 0.2) is 0 Å². The van der Waals surface area contributed by atoms with E-state index in [4.69, 9.17) is 5.11 Å². The van der Waals surface area contributed by atoms with E-state index in [0.717, 1.165) is 0 Å². The zero-order valence-corrected chi connectivity index (χ0v) is 11.9. The lowest BCUT2D eigenvalue weighted by molar-refractivity contribution is -0.385. The molecule has 20 heavy (non-hydrogen) atoms. The van der Waals surface area contributed by atoms with Gasteiger partial charge in [0.2, 0.25) is 0 Å². The monoisotopic (exact) mass is 280 g/mol. The smallest absolute Gasteiger partial charge is 0.282 e. The van der Waals surface area contributed by atoms with Crippen LogP contribution in [-0.2, 0) is 0 Å². The number of carbonyl (C=O) groups excluding carboxylic acids is 1. The van der Waals surface area contributed by atoms with E-state index in [2.05, 4.69) is 5.32 Å². The van der Waals surface area contributed by atoms with Crippen LogP contribution in [0.25, 0.3) is 0 Å². The topological polar surface area (TPSA) is 92.5 Å². The molecule has 0 aliphatic heterocycles. The van der Waals surface area contributed by atoms with Gasteiger partial charge in [0.05, 0.1) is 4.92 Å². The molecule has 1 aromatic rings. The van der Waals surface area contributed by atoms with Gasteiger partial charge in [0.25, 0.3) is 11.6 Å². The van der Waals surface area contributed by atoms with Crippen LogP contribution >= 0.6 is 0 Å². The number of aliphatic hydroxyl groups is 1. The van der Waals surface area contributed by atoms with Crippen molar-refractivity contribution in [3.05, 3.63) is 39.4 Å². The van der Waals surface area contributed by atoms with Gasteiger partial charge in [-0.25, -0.2) is 0 Å². The fourth-order valence-corrected chi connectivity index (χ4v) is 2.05. The molecular weight excluding hydrogens is 260 g/mol. The molecule has 0 fully saturated rings. The van der Waals surface area contributed by atoms with Gasteiger partial charge in [-0.15, -0.1) is 0 Å². The Kier molecular flexibility index (Phi) is 5.64. The number of carbonyl (C=O) groups is 1. The van der Waals surface area contributed by atoms with E-state index in [1.807, 2.05) is 13.8 Å². The third-order valence-electron chi connectivity index (χ3n) is 3.24. The molecule has 1 atom stereocenters. The molecule has 0 spiro atoms. The Balaban J connectivity index is 3.05. The number of amides is 1. The first kappa shape index (κ1) is 16.1. The van der Waals surface area contributed by atoms with E-state index in [9.17, 15) is 14.9 Å². The second-order valence-corrected chi connectivity index (χ2v) is 5.06. The maximum Gasteiger partial charge on any atom is 0.282 e. The van der Waals surface area contributed by atoms with Crippen molar-refractivity contribution in [1.29, 1.82) is 0 Å². The van der Waals surface area contributed by atoms with Gasteiger partial charge < -0.3 is 10.4 Å². The van der Waals surface area contributed by atoms with E-state index < -0.39 is 10.8 Å². The highest BCUT2D eigenvalue weighted by atomic mass is 16.6. The van der Waals surface area contributed by atoms with Gasteiger partial charge in [-0.05, 0) is 24.8 Å². The zero-order valence-electron chi connectivity index (χ0n) is 11.9. The second-order valence-electron chi connectivity index (χ2n) is 5.06. The number of aliphatic hydroxyl groups excluding tert-OH is 1. The first-order valence-electron chi connectivity index (χ1n) is 6.54. The van der Waals surface area contributed by atoms with Crippen LogP contribution in [0.5, 0.6) is 0 Å². The second kappa shape index (κ2) is 7.00. The van der Waals surface area contributed by atoms with E-state index in [1.165, 1.54) is 6.07 Å². The lowest BCUT2D eigenvalue weighted by atomic mass is 9.99. The van der Waals surface area contributed by atoms with Crippen LogP contribution in [0.3, 0.4) is 0 Å². The number of hydrogen-bond donors (Lipinski definition) is 2. The quantitative estimate of drug-likeness (QED) is 0.616. The molecule has 6 nitrogen and oxygen atoms in total. The normalized spacial score (nSPS) is 12.2. The Morgan fingerprint density at radius 3 is 2.60 bits per heavy atom. The molecule has 1 aromatic carbocycles. The van der Waals surface area contributed by atoms with Gasteiger partial charge in [-0.2, -0.15) is 0 Å². The summed E-state index contributed by atoms with van der Waals surface area (Å²) < 4.78 is 0. The Morgan fingerprint density at radius 1 is 1.45 bits per heavy atom. The van der Waals surface area contributed by atoms with Crippen molar-refractivity contribution in [2.24, 2.45) is 5.92 Å². The standard InChI is InChI=1S/C14H20N2O4/c1-9(2)11(7-8-17)15-14(18)13-10(3)5-4-6-12(13)16(19)20/h4-6,9,11,17H,7-8H2,1-3H3,(H,15,18). The van der Waals surface area contributed by atoms with E-state index in [0.29, 0.717) is 12.0 Å². The number of nitro benzene ring substituents is 1. The summed E-state index contributed by atoms with van der Waals surface area (Å²) in [4.78, 5) is 22.7. The van der Waals surface area contributed by atoms with E-state index in [1.54, 1.807) is 19.1 Å². The van der Waals surface area contributed by atoms with Crippen LogP contribution in [-0.4, -0.2) is 28.6 Å². The van der Waals surface area contributed by atoms with Crippen molar-refractivity contribution in [2.75, 3.05) is 6.61 Å². The molecule has 2 N–H and O–H groups in total. The van der Waals surface area contributed by atoms with Crippen molar-refractivity contribution >= 4 is 11.6 Å². The van der Waals surface area contributed by atoms with Gasteiger partial charge >= 0.3 is 0 Å². The van der Waals surface area contributed by atoms with Gasteiger partial charge in [-0.3, -0.25) is 14.9 Å². The molecule has 110 valence electrons. The highest BCUT2D eigenvalue weighted by molar-refractivity contribution is 5.99. The van der Waals surface area contributed by atoms with Crippen molar-refractivity contribution < 1.29 is 14.8 Å². The summed E-state index contributed by atoms with van der Waals surface area (Å²) in [5.74, 6) is -0.337. The number of hydrogen-bond acceptors (Lipinski definition) is 4. The maximum atomic E-state index is 12.3. The summed E-state index contributed by atoms with van der Waals surface area (Å²) in [7, 11) is 0. The summed E-state index contributed by atoms with van der Waals surface area (Å²) in [6.45, 7) is 5.47. The summed E-state index contributed by atoms with van der Waals surface area (Å²) >= 11 is 0.